The van der Waals surface area contributed by atoms with Crippen LogP contribution in [0.5, 0.6) is 5.75 Å². The van der Waals surface area contributed by atoms with E-state index in [4.69, 9.17) is 4.74 Å². The van der Waals surface area contributed by atoms with E-state index in [0.717, 1.165) is 27.9 Å². The Balaban J connectivity index is 1.61. The Bertz CT molecular complexity index is 1610. The average Bonchev–Trinajstić information content (AvgIpc) is 3.23. The summed E-state index contributed by atoms with van der Waals surface area (Å²) in [4.78, 5) is 52.4. The molecule has 1 fully saturated rings. The van der Waals surface area contributed by atoms with Crippen LogP contribution in [-0.4, -0.2) is 50.4 Å². The fourth-order valence-electron chi connectivity index (χ4n) is 3.83. The quantitative estimate of drug-likeness (QED) is 0.208. The molecule has 4 rings (SSSR count). The number of rotatable bonds is 9. The highest BCUT2D eigenvalue weighted by Crippen LogP contribution is 2.34. The van der Waals surface area contributed by atoms with E-state index in [-0.39, 0.29) is 34.4 Å². The Morgan fingerprint density at radius 2 is 1.85 bits per heavy atom. The number of hydrogen-bond acceptors (Lipinski definition) is 10. The highest BCUT2D eigenvalue weighted by molar-refractivity contribution is 8.15. The van der Waals surface area contributed by atoms with Crippen LogP contribution in [0.3, 0.4) is 0 Å². The Kier molecular flexibility index (Phi) is 8.72. The van der Waals surface area contributed by atoms with Crippen molar-refractivity contribution < 1.29 is 24.2 Å². The number of nitrogens with one attached hydrogen (secondary N) is 1. The molecule has 1 aliphatic rings. The van der Waals surface area contributed by atoms with E-state index in [9.17, 15) is 29.8 Å². The number of nitro groups is 2. The lowest BCUT2D eigenvalue weighted by Gasteiger charge is -2.11. The maximum atomic E-state index is 13.4. The molecule has 1 N–H and O–H groups in total. The number of carbonyl (C=O) groups excluding carboxylic acids is 2. The normalized spacial score (nSPS) is 15.9. The van der Waals surface area contributed by atoms with Gasteiger partial charge in [-0.25, -0.2) is 4.99 Å². The summed E-state index contributed by atoms with van der Waals surface area (Å²) in [6.07, 6.45) is 0.981. The fraction of sp³-hybridized carbons (Fsp3) is 0.185. The van der Waals surface area contributed by atoms with Gasteiger partial charge < -0.3 is 10.1 Å². The number of non-ortho nitro benzene ring substituents is 1. The van der Waals surface area contributed by atoms with E-state index in [1.54, 1.807) is 12.1 Å². The maximum absolute atomic E-state index is 13.4. The zero-order valence-electron chi connectivity index (χ0n) is 22.1. The van der Waals surface area contributed by atoms with Crippen molar-refractivity contribution in [3.8, 4) is 5.75 Å². The number of carbonyl (C=O) groups is 2. The molecule has 1 saturated heterocycles. The largest absolute Gasteiger partial charge is 0.496 e. The number of amidine groups is 1. The number of aliphatic imine (C=N–C) groups is 1. The Morgan fingerprint density at radius 3 is 2.56 bits per heavy atom. The van der Waals surface area contributed by atoms with E-state index in [0.29, 0.717) is 11.3 Å². The predicted molar refractivity (Wildman–Crippen MR) is 155 cm³/mol. The highest BCUT2D eigenvalue weighted by Gasteiger charge is 2.40. The van der Waals surface area contributed by atoms with Gasteiger partial charge in [0.15, 0.2) is 5.17 Å². The Hall–Kier alpha value is -5.11. The number of hydrogen-bond donors (Lipinski definition) is 1. The minimum Gasteiger partial charge on any atom is -0.496 e. The first kappa shape index (κ1) is 28.9. The number of benzene rings is 3. The molecule has 1 aliphatic heterocycles. The zero-order chi connectivity index (χ0) is 29.7. The van der Waals surface area contributed by atoms with Gasteiger partial charge in [0.05, 0.1) is 34.9 Å². The van der Waals surface area contributed by atoms with E-state index >= 15 is 0 Å². The van der Waals surface area contributed by atoms with Crippen LogP contribution in [0.15, 0.2) is 70.8 Å². The lowest BCUT2D eigenvalue weighted by Crippen LogP contribution is -2.29. The van der Waals surface area contributed by atoms with E-state index in [1.165, 1.54) is 49.7 Å². The predicted octanol–water partition coefficient (Wildman–Crippen LogP) is 5.12. The summed E-state index contributed by atoms with van der Waals surface area (Å²) < 4.78 is 5.02. The molecule has 1 heterocycles. The van der Waals surface area contributed by atoms with Gasteiger partial charge in [-0.1, -0.05) is 36.0 Å². The van der Waals surface area contributed by atoms with Crippen LogP contribution in [0, 0.1) is 34.1 Å². The van der Waals surface area contributed by atoms with Crippen molar-refractivity contribution in [1.29, 1.82) is 0 Å². The zero-order valence-corrected chi connectivity index (χ0v) is 23.0. The second-order valence-electron chi connectivity index (χ2n) is 8.86. The third-order valence-electron chi connectivity index (χ3n) is 6.15. The van der Waals surface area contributed by atoms with Gasteiger partial charge in [-0.15, -0.1) is 0 Å². The molecule has 0 radical (unpaired) electrons. The molecule has 0 unspecified atom stereocenters. The van der Waals surface area contributed by atoms with Crippen LogP contribution in [-0.2, 0) is 9.59 Å². The van der Waals surface area contributed by atoms with Crippen molar-refractivity contribution in [2.45, 2.75) is 25.5 Å². The fourth-order valence-corrected chi connectivity index (χ4v) is 4.91. The molecule has 1 atom stereocenters. The second-order valence-corrected chi connectivity index (χ2v) is 10.0. The maximum Gasteiger partial charge on any atom is 0.296 e. The van der Waals surface area contributed by atoms with Crippen molar-refractivity contribution in [3.05, 3.63) is 97.6 Å². The van der Waals surface area contributed by atoms with Crippen LogP contribution in [0.4, 0.5) is 22.7 Å². The molecular formula is C27H24N6O7S. The number of hydrazone groups is 1. The molecule has 2 amide bonds. The first-order valence-electron chi connectivity index (χ1n) is 12.1. The Morgan fingerprint density at radius 1 is 1.10 bits per heavy atom. The molecule has 0 saturated carbocycles. The van der Waals surface area contributed by atoms with E-state index in [1.807, 2.05) is 26.0 Å². The van der Waals surface area contributed by atoms with E-state index in [2.05, 4.69) is 15.4 Å². The van der Waals surface area contributed by atoms with Crippen molar-refractivity contribution in [2.75, 3.05) is 12.4 Å². The smallest absolute Gasteiger partial charge is 0.296 e. The SMILES string of the molecule is COc1ccc(NC(=O)C[C@H]2SC(=Nc3cccc(C)c3C)N(/N=C\c3cccc([N+](=O)[O-])c3)C2=O)c([N+](=O)[O-])c1. The van der Waals surface area contributed by atoms with Gasteiger partial charge in [-0.05, 0) is 43.2 Å². The summed E-state index contributed by atoms with van der Waals surface area (Å²) in [7, 11) is 1.37. The number of methoxy groups -OCH3 is 1. The van der Waals surface area contributed by atoms with Crippen LogP contribution >= 0.6 is 11.8 Å². The van der Waals surface area contributed by atoms with Crippen LogP contribution in [0.2, 0.25) is 0 Å². The molecule has 0 bridgehead atoms. The minimum absolute atomic E-state index is 0.0407. The van der Waals surface area contributed by atoms with Gasteiger partial charge in [0.1, 0.15) is 16.7 Å². The van der Waals surface area contributed by atoms with Gasteiger partial charge in [0.2, 0.25) is 5.91 Å². The van der Waals surface area contributed by atoms with E-state index < -0.39 is 26.9 Å². The van der Waals surface area contributed by atoms with Crippen molar-refractivity contribution in [2.24, 2.45) is 10.1 Å². The third-order valence-corrected chi connectivity index (χ3v) is 7.28. The topological polar surface area (TPSA) is 170 Å². The lowest BCUT2D eigenvalue weighted by molar-refractivity contribution is -0.384. The minimum atomic E-state index is -0.932. The van der Waals surface area contributed by atoms with Gasteiger partial charge in [-0.3, -0.25) is 29.8 Å². The van der Waals surface area contributed by atoms with Gasteiger partial charge >= 0.3 is 0 Å². The van der Waals surface area contributed by atoms with Crippen molar-refractivity contribution in [1.82, 2.24) is 5.01 Å². The average molecular weight is 577 g/mol. The summed E-state index contributed by atoms with van der Waals surface area (Å²) in [6, 6.07) is 15.3. The highest BCUT2D eigenvalue weighted by atomic mass is 32.2. The summed E-state index contributed by atoms with van der Waals surface area (Å²) in [6.45, 7) is 3.81. The lowest BCUT2D eigenvalue weighted by atomic mass is 10.1. The molecule has 0 aliphatic carbocycles. The molecule has 3 aromatic carbocycles. The summed E-state index contributed by atoms with van der Waals surface area (Å²) >= 11 is 1.02. The van der Waals surface area contributed by atoms with Gasteiger partial charge in [0.25, 0.3) is 17.3 Å². The summed E-state index contributed by atoms with van der Waals surface area (Å²) in [5, 5.41) is 29.7. The second kappa shape index (κ2) is 12.4. The molecule has 14 heteroatoms. The Labute approximate surface area is 238 Å². The van der Waals surface area contributed by atoms with Crippen molar-refractivity contribution in [3.63, 3.8) is 0 Å². The molecule has 0 spiro atoms. The standard InChI is InChI=1S/C27H24N6O7S/c1-16-6-4-9-21(17(16)2)30-27-31(28-15-18-7-5-8-19(12-18)32(36)37)26(35)24(41-27)14-25(34)29-22-11-10-20(40-3)13-23(22)33(38)39/h4-13,15,24H,14H2,1-3H3,(H,29,34)/b28-15-,30-27?/t24-/m1/s1. The first-order valence-corrected chi connectivity index (χ1v) is 13.0. The third kappa shape index (κ3) is 6.73. The summed E-state index contributed by atoms with van der Waals surface area (Å²) in [5.41, 5.74) is 2.34. The van der Waals surface area contributed by atoms with Gasteiger partial charge in [0, 0.05) is 24.1 Å². The molecule has 41 heavy (non-hydrogen) atoms. The molecule has 3 aromatic rings. The first-order chi connectivity index (χ1) is 19.6. The van der Waals surface area contributed by atoms with Gasteiger partial charge in [-0.2, -0.15) is 10.1 Å². The molecule has 13 nitrogen and oxygen atoms in total. The number of anilines is 1. The molecular weight excluding hydrogens is 552 g/mol. The van der Waals surface area contributed by atoms with Crippen LogP contribution < -0.4 is 10.1 Å². The summed E-state index contributed by atoms with van der Waals surface area (Å²) in [5.74, 6) is -0.916. The number of amides is 2. The van der Waals surface area contributed by atoms with Crippen LogP contribution in [0.25, 0.3) is 0 Å². The van der Waals surface area contributed by atoms with Crippen LogP contribution in [0.1, 0.15) is 23.1 Å². The number of thioether (sulfide) groups is 1. The van der Waals surface area contributed by atoms with Crippen molar-refractivity contribution >= 4 is 57.7 Å². The number of nitrogens with zero attached hydrogens (tertiary/aromatic N) is 5. The number of nitro benzene ring substituents is 2. The monoisotopic (exact) mass is 576 g/mol. The molecule has 0 aromatic heterocycles. The number of ether oxygens (including phenoxy) is 1. The number of aryl methyl sites for hydroxylation is 1. The molecule has 210 valence electrons.